The summed E-state index contributed by atoms with van der Waals surface area (Å²) in [6.45, 7) is 1.11. The lowest BCUT2D eigenvalue weighted by Gasteiger charge is -2.22. The quantitative estimate of drug-likeness (QED) is 0.466. The smallest absolute Gasteiger partial charge is 0.344 e. The van der Waals surface area contributed by atoms with Crippen LogP contribution in [0.2, 0.25) is 0 Å². The Hall–Kier alpha value is -4.42. The molecule has 2 aromatic heterocycles. The van der Waals surface area contributed by atoms with Gasteiger partial charge in [-0.3, -0.25) is 28.9 Å². The lowest BCUT2D eigenvalue weighted by Crippen LogP contribution is -2.49. The van der Waals surface area contributed by atoms with E-state index in [1.54, 1.807) is 24.3 Å². The number of aryl methyl sites for hydroxylation is 1. The van der Waals surface area contributed by atoms with Crippen molar-refractivity contribution < 1.29 is 19.1 Å². The molecule has 3 heterocycles. The fourth-order valence-corrected chi connectivity index (χ4v) is 3.69. The number of nitrogens with one attached hydrogen (secondary N) is 2. The van der Waals surface area contributed by atoms with Gasteiger partial charge in [-0.15, -0.1) is 0 Å². The number of ether oxygens (including phenoxy) is 1. The summed E-state index contributed by atoms with van der Waals surface area (Å²) in [7, 11) is 4.28. The second kappa shape index (κ2) is 7.62. The number of rotatable bonds is 5. The minimum Gasteiger partial charge on any atom is -0.497 e. The molecule has 1 aliphatic rings. The average molecular weight is 455 g/mol. The van der Waals surface area contributed by atoms with E-state index in [4.69, 9.17) is 4.74 Å². The highest BCUT2D eigenvalue weighted by Gasteiger charge is 2.50. The minimum absolute atomic E-state index is 0.0371. The van der Waals surface area contributed by atoms with Crippen molar-refractivity contribution in [2.24, 2.45) is 14.1 Å². The van der Waals surface area contributed by atoms with Crippen LogP contribution in [0.25, 0.3) is 11.2 Å². The van der Waals surface area contributed by atoms with Gasteiger partial charge < -0.3 is 14.6 Å². The molecule has 13 heteroatoms. The molecule has 172 valence electrons. The van der Waals surface area contributed by atoms with Crippen LogP contribution in [0, 0.1) is 0 Å². The molecule has 0 radical (unpaired) electrons. The van der Waals surface area contributed by atoms with Gasteiger partial charge in [0.15, 0.2) is 11.2 Å². The summed E-state index contributed by atoms with van der Waals surface area (Å²) in [4.78, 5) is 66.7. The number of imidazole rings is 1. The molecule has 0 bridgehead atoms. The Kier molecular flexibility index (Phi) is 5.03. The van der Waals surface area contributed by atoms with Crippen molar-refractivity contribution in [3.05, 3.63) is 57.0 Å². The number of amides is 4. The van der Waals surface area contributed by atoms with Crippen molar-refractivity contribution in [3.8, 4) is 5.75 Å². The van der Waals surface area contributed by atoms with Gasteiger partial charge in [0, 0.05) is 14.1 Å². The zero-order valence-electron chi connectivity index (χ0n) is 18.3. The Morgan fingerprint density at radius 2 is 1.79 bits per heavy atom. The molecule has 1 atom stereocenters. The highest BCUT2D eigenvalue weighted by molar-refractivity contribution is 6.08. The molecule has 1 aliphatic heterocycles. The van der Waals surface area contributed by atoms with Gasteiger partial charge in [-0.1, -0.05) is 12.1 Å². The summed E-state index contributed by atoms with van der Waals surface area (Å²) < 4.78 is 8.43. The maximum Gasteiger partial charge on any atom is 0.344 e. The number of imide groups is 1. The SMILES string of the molecule is COc1ccc(C2(C)NC(=O)N(NC(=O)Cn3cnc4c3c(=O)n(C)c(=O)n4C)C2=O)cc1. The van der Waals surface area contributed by atoms with E-state index in [-0.39, 0.29) is 11.2 Å². The first kappa shape index (κ1) is 21.8. The third kappa shape index (κ3) is 3.33. The van der Waals surface area contributed by atoms with Gasteiger partial charge in [0.2, 0.25) is 0 Å². The fourth-order valence-electron chi connectivity index (χ4n) is 3.69. The Morgan fingerprint density at radius 3 is 2.42 bits per heavy atom. The zero-order valence-corrected chi connectivity index (χ0v) is 18.3. The van der Waals surface area contributed by atoms with Gasteiger partial charge in [0.1, 0.15) is 17.8 Å². The normalized spacial score (nSPS) is 18.0. The summed E-state index contributed by atoms with van der Waals surface area (Å²) >= 11 is 0. The molecule has 4 rings (SSSR count). The summed E-state index contributed by atoms with van der Waals surface area (Å²) in [5.74, 6) is -0.840. The van der Waals surface area contributed by atoms with Gasteiger partial charge in [-0.2, -0.15) is 5.01 Å². The number of carbonyl (C=O) groups excluding carboxylic acids is 3. The number of hydrazine groups is 1. The number of carbonyl (C=O) groups is 3. The van der Waals surface area contributed by atoms with E-state index in [1.807, 2.05) is 0 Å². The molecule has 1 fully saturated rings. The summed E-state index contributed by atoms with van der Waals surface area (Å²) in [6.07, 6.45) is 1.23. The van der Waals surface area contributed by atoms with Gasteiger partial charge in [0.05, 0.1) is 13.4 Å². The van der Waals surface area contributed by atoms with Crippen LogP contribution >= 0.6 is 0 Å². The van der Waals surface area contributed by atoms with E-state index in [0.717, 1.165) is 4.57 Å². The van der Waals surface area contributed by atoms with Crippen LogP contribution in [0.1, 0.15) is 12.5 Å². The molecule has 0 aliphatic carbocycles. The second-order valence-electron chi connectivity index (χ2n) is 7.71. The maximum absolute atomic E-state index is 13.0. The minimum atomic E-state index is -1.40. The van der Waals surface area contributed by atoms with Crippen LogP contribution in [-0.4, -0.2) is 48.6 Å². The third-order valence-electron chi connectivity index (χ3n) is 5.63. The zero-order chi connectivity index (χ0) is 24.1. The van der Waals surface area contributed by atoms with Crippen LogP contribution in [0.5, 0.6) is 5.75 Å². The second-order valence-corrected chi connectivity index (χ2v) is 7.71. The van der Waals surface area contributed by atoms with E-state index < -0.39 is 41.2 Å². The van der Waals surface area contributed by atoms with Gasteiger partial charge in [0.25, 0.3) is 17.4 Å². The summed E-state index contributed by atoms with van der Waals surface area (Å²) in [6, 6.07) is 5.78. The van der Waals surface area contributed by atoms with E-state index in [9.17, 15) is 24.0 Å². The molecule has 2 N–H and O–H groups in total. The molecule has 1 unspecified atom stereocenters. The maximum atomic E-state index is 13.0. The van der Waals surface area contributed by atoms with Crippen LogP contribution < -0.4 is 26.7 Å². The number of hydrogen-bond donors (Lipinski definition) is 2. The standard InChI is InChI=1S/C20H21N7O6/c1-20(11-5-7-12(33-4)8-6-11)17(30)27(18(31)22-20)23-13(28)9-26-10-21-15-14(26)16(29)25(3)19(32)24(15)2/h5-8,10H,9H2,1-4H3,(H,22,31)(H,23,28). The molecule has 1 aromatic carbocycles. The number of benzene rings is 1. The van der Waals surface area contributed by atoms with E-state index in [2.05, 4.69) is 15.7 Å². The van der Waals surface area contributed by atoms with E-state index >= 15 is 0 Å². The Morgan fingerprint density at radius 1 is 1.12 bits per heavy atom. The van der Waals surface area contributed by atoms with Gasteiger partial charge in [-0.05, 0) is 24.6 Å². The van der Waals surface area contributed by atoms with Crippen molar-refractivity contribution in [1.29, 1.82) is 0 Å². The average Bonchev–Trinajstić information content (AvgIpc) is 3.31. The van der Waals surface area contributed by atoms with Crippen molar-refractivity contribution in [1.82, 2.24) is 34.4 Å². The number of hydrogen-bond acceptors (Lipinski definition) is 7. The number of aromatic nitrogens is 4. The molecule has 4 amide bonds. The Balaban J connectivity index is 1.57. The molecule has 0 spiro atoms. The van der Waals surface area contributed by atoms with Crippen molar-refractivity contribution in [2.45, 2.75) is 19.0 Å². The molecule has 3 aromatic rings. The van der Waals surface area contributed by atoms with Crippen LogP contribution in [0.15, 0.2) is 40.2 Å². The van der Waals surface area contributed by atoms with Crippen LogP contribution in [-0.2, 0) is 35.8 Å². The number of nitrogens with zero attached hydrogens (tertiary/aromatic N) is 5. The summed E-state index contributed by atoms with van der Waals surface area (Å²) in [5, 5.41) is 3.18. The van der Waals surface area contributed by atoms with Gasteiger partial charge >= 0.3 is 11.7 Å². The first-order chi connectivity index (χ1) is 15.6. The van der Waals surface area contributed by atoms with Crippen LogP contribution in [0.3, 0.4) is 0 Å². The topological polar surface area (TPSA) is 150 Å². The molecular formula is C20H21N7O6. The number of urea groups is 1. The lowest BCUT2D eigenvalue weighted by molar-refractivity contribution is -0.139. The van der Waals surface area contributed by atoms with Crippen molar-refractivity contribution in [3.63, 3.8) is 0 Å². The first-order valence-electron chi connectivity index (χ1n) is 9.80. The van der Waals surface area contributed by atoms with E-state index in [1.165, 1.54) is 43.6 Å². The molecule has 33 heavy (non-hydrogen) atoms. The molecule has 1 saturated heterocycles. The van der Waals surface area contributed by atoms with Crippen molar-refractivity contribution in [2.75, 3.05) is 7.11 Å². The Bertz CT molecular complexity index is 1420. The highest BCUT2D eigenvalue weighted by Crippen LogP contribution is 2.29. The van der Waals surface area contributed by atoms with Gasteiger partial charge in [-0.25, -0.2) is 14.6 Å². The van der Waals surface area contributed by atoms with Crippen LogP contribution in [0.4, 0.5) is 4.79 Å². The fraction of sp³-hybridized carbons (Fsp3) is 0.300. The largest absolute Gasteiger partial charge is 0.497 e. The summed E-state index contributed by atoms with van der Waals surface area (Å²) in [5.41, 5.74) is 0.344. The van der Waals surface area contributed by atoms with E-state index in [0.29, 0.717) is 16.3 Å². The molecule has 13 nitrogen and oxygen atoms in total. The monoisotopic (exact) mass is 455 g/mol. The third-order valence-corrected chi connectivity index (χ3v) is 5.63. The predicted octanol–water partition coefficient (Wildman–Crippen LogP) is -1.06. The molecular weight excluding hydrogens is 434 g/mol. The van der Waals surface area contributed by atoms with Crippen molar-refractivity contribution >= 4 is 29.0 Å². The molecule has 0 saturated carbocycles. The Labute approximate surface area is 186 Å². The number of fused-ring (bicyclic) bond motifs is 1. The highest BCUT2D eigenvalue weighted by atomic mass is 16.5. The lowest BCUT2D eigenvalue weighted by atomic mass is 9.92. The first-order valence-corrected chi connectivity index (χ1v) is 9.80. The predicted molar refractivity (Wildman–Crippen MR) is 114 cm³/mol. The number of methoxy groups -OCH3 is 1.